The summed E-state index contributed by atoms with van der Waals surface area (Å²) in [5.74, 6) is 1.84. The topological polar surface area (TPSA) is 69.0 Å². The molecule has 0 fully saturated rings. The van der Waals surface area contributed by atoms with Gasteiger partial charge in [0, 0.05) is 12.2 Å². The number of aryl methyl sites for hydroxylation is 4. The molecule has 1 amide bonds. The van der Waals surface area contributed by atoms with Gasteiger partial charge in [-0.3, -0.25) is 4.79 Å². The Bertz CT molecular complexity index is 1010. The molecule has 0 aliphatic heterocycles. The van der Waals surface area contributed by atoms with Crippen molar-refractivity contribution in [2.45, 2.75) is 52.9 Å². The highest BCUT2D eigenvalue weighted by molar-refractivity contribution is 7.99. The van der Waals surface area contributed by atoms with E-state index in [1.54, 1.807) is 0 Å². The van der Waals surface area contributed by atoms with E-state index in [0.717, 1.165) is 39.5 Å². The fourth-order valence-corrected chi connectivity index (χ4v) is 4.15. The number of ether oxygens (including phenoxy) is 1. The summed E-state index contributed by atoms with van der Waals surface area (Å²) in [6, 6.07) is 12.1. The molecular formula is C23H28N4O2S. The zero-order valence-corrected chi connectivity index (χ0v) is 19.0. The number of hydrogen-bond acceptors (Lipinski definition) is 5. The number of anilines is 1. The molecule has 3 aromatic rings. The number of nitrogens with zero attached hydrogens (tertiary/aromatic N) is 3. The van der Waals surface area contributed by atoms with Crippen LogP contribution < -0.4 is 10.1 Å². The number of aromatic nitrogens is 3. The lowest BCUT2D eigenvalue weighted by Crippen LogP contribution is -2.16. The Morgan fingerprint density at radius 1 is 1.00 bits per heavy atom. The maximum Gasteiger partial charge on any atom is 0.234 e. The molecule has 0 unspecified atom stereocenters. The van der Waals surface area contributed by atoms with Crippen molar-refractivity contribution in [1.82, 2.24) is 14.8 Å². The number of para-hydroxylation sites is 2. The number of benzene rings is 2. The standard InChI is InChI=1S/C23H28N4O2S/c1-6-27-19(13-29-22-17(4)11-8-12-18(22)5)25-26-23(27)30-14-20(28)24-21-15(2)9-7-10-16(21)3/h7-12H,6,13-14H2,1-5H3,(H,24,28). The molecule has 3 rings (SSSR count). The molecule has 6 nitrogen and oxygen atoms in total. The Hall–Kier alpha value is -2.80. The second-order valence-corrected chi connectivity index (χ2v) is 8.20. The summed E-state index contributed by atoms with van der Waals surface area (Å²) in [5, 5.41) is 12.3. The molecular weight excluding hydrogens is 396 g/mol. The third kappa shape index (κ3) is 5.02. The number of hydrogen-bond donors (Lipinski definition) is 1. The van der Waals surface area contributed by atoms with Crippen LogP contribution >= 0.6 is 11.8 Å². The van der Waals surface area contributed by atoms with Crippen LogP contribution in [-0.2, 0) is 17.9 Å². The molecule has 0 aliphatic rings. The SMILES string of the molecule is CCn1c(COc2c(C)cccc2C)nnc1SCC(=O)Nc1c(C)cccc1C. The number of nitrogens with one attached hydrogen (secondary N) is 1. The summed E-state index contributed by atoms with van der Waals surface area (Å²) < 4.78 is 8.02. The maximum absolute atomic E-state index is 12.5. The quantitative estimate of drug-likeness (QED) is 0.524. The van der Waals surface area contributed by atoms with E-state index in [1.165, 1.54) is 11.8 Å². The van der Waals surface area contributed by atoms with Crippen LogP contribution in [0.2, 0.25) is 0 Å². The van der Waals surface area contributed by atoms with Gasteiger partial charge in [0.05, 0.1) is 5.75 Å². The Morgan fingerprint density at radius 2 is 1.60 bits per heavy atom. The fraction of sp³-hybridized carbons (Fsp3) is 0.348. The zero-order valence-electron chi connectivity index (χ0n) is 18.2. The lowest BCUT2D eigenvalue weighted by atomic mass is 10.1. The highest BCUT2D eigenvalue weighted by Crippen LogP contribution is 2.25. The van der Waals surface area contributed by atoms with Crippen LogP contribution in [0.3, 0.4) is 0 Å². The smallest absolute Gasteiger partial charge is 0.234 e. The highest BCUT2D eigenvalue weighted by Gasteiger charge is 2.15. The number of carbonyl (C=O) groups is 1. The molecule has 0 aliphatic carbocycles. The van der Waals surface area contributed by atoms with Gasteiger partial charge in [0.2, 0.25) is 5.91 Å². The second-order valence-electron chi connectivity index (χ2n) is 7.26. The molecule has 1 heterocycles. The Kier molecular flexibility index (Phi) is 7.15. The predicted molar refractivity (Wildman–Crippen MR) is 121 cm³/mol. The summed E-state index contributed by atoms with van der Waals surface area (Å²) in [4.78, 5) is 12.5. The van der Waals surface area contributed by atoms with Crippen LogP contribution in [0, 0.1) is 27.7 Å². The summed E-state index contributed by atoms with van der Waals surface area (Å²) in [6.07, 6.45) is 0. The first-order valence-electron chi connectivity index (χ1n) is 10.0. The molecule has 0 saturated carbocycles. The normalized spacial score (nSPS) is 10.8. The zero-order chi connectivity index (χ0) is 21.7. The van der Waals surface area contributed by atoms with Crippen molar-refractivity contribution in [1.29, 1.82) is 0 Å². The summed E-state index contributed by atoms with van der Waals surface area (Å²) >= 11 is 1.38. The monoisotopic (exact) mass is 424 g/mol. The van der Waals surface area contributed by atoms with Crippen LogP contribution in [0.1, 0.15) is 35.0 Å². The predicted octanol–water partition coefficient (Wildman–Crippen LogP) is 4.84. The number of rotatable bonds is 8. The molecule has 158 valence electrons. The van der Waals surface area contributed by atoms with Crippen molar-refractivity contribution < 1.29 is 9.53 Å². The molecule has 1 N–H and O–H groups in total. The van der Waals surface area contributed by atoms with E-state index in [0.29, 0.717) is 18.3 Å². The van der Waals surface area contributed by atoms with E-state index >= 15 is 0 Å². The molecule has 0 saturated heterocycles. The van der Waals surface area contributed by atoms with Crippen LogP contribution in [0.5, 0.6) is 5.75 Å². The van der Waals surface area contributed by atoms with Gasteiger partial charge in [0.1, 0.15) is 12.4 Å². The first-order valence-corrected chi connectivity index (χ1v) is 11.0. The molecule has 30 heavy (non-hydrogen) atoms. The van der Waals surface area contributed by atoms with Gasteiger partial charge >= 0.3 is 0 Å². The van der Waals surface area contributed by atoms with Gasteiger partial charge in [-0.1, -0.05) is 48.2 Å². The summed E-state index contributed by atoms with van der Waals surface area (Å²) in [7, 11) is 0. The van der Waals surface area contributed by atoms with Gasteiger partial charge in [-0.15, -0.1) is 10.2 Å². The van der Waals surface area contributed by atoms with E-state index in [4.69, 9.17) is 4.74 Å². The summed E-state index contributed by atoms with van der Waals surface area (Å²) in [5.41, 5.74) is 5.17. The molecule has 0 bridgehead atoms. The van der Waals surface area contributed by atoms with Crippen LogP contribution in [0.25, 0.3) is 0 Å². The molecule has 0 radical (unpaired) electrons. The first kappa shape index (κ1) is 21.9. The number of amides is 1. The summed E-state index contributed by atoms with van der Waals surface area (Å²) in [6.45, 7) is 11.1. The average molecular weight is 425 g/mol. The molecule has 1 aromatic heterocycles. The van der Waals surface area contributed by atoms with Crippen molar-refractivity contribution in [2.75, 3.05) is 11.1 Å². The van der Waals surface area contributed by atoms with Crippen molar-refractivity contribution >= 4 is 23.4 Å². The van der Waals surface area contributed by atoms with E-state index in [1.807, 2.05) is 75.6 Å². The van der Waals surface area contributed by atoms with Gasteiger partial charge in [-0.05, 0) is 56.9 Å². The van der Waals surface area contributed by atoms with Crippen molar-refractivity contribution in [3.8, 4) is 5.75 Å². The minimum absolute atomic E-state index is 0.0589. The lowest BCUT2D eigenvalue weighted by Gasteiger charge is -2.13. The molecule has 0 atom stereocenters. The molecule has 2 aromatic carbocycles. The Labute approximate surface area is 182 Å². The largest absolute Gasteiger partial charge is 0.485 e. The Balaban J connectivity index is 1.63. The van der Waals surface area contributed by atoms with Gasteiger partial charge in [-0.25, -0.2) is 0 Å². The van der Waals surface area contributed by atoms with Gasteiger partial charge in [0.25, 0.3) is 0 Å². The van der Waals surface area contributed by atoms with E-state index < -0.39 is 0 Å². The third-order valence-corrected chi connectivity index (χ3v) is 5.91. The van der Waals surface area contributed by atoms with Crippen molar-refractivity contribution in [3.05, 3.63) is 64.5 Å². The number of carbonyl (C=O) groups excluding carboxylic acids is 1. The highest BCUT2D eigenvalue weighted by atomic mass is 32.2. The lowest BCUT2D eigenvalue weighted by molar-refractivity contribution is -0.113. The average Bonchev–Trinajstić information content (AvgIpc) is 3.11. The van der Waals surface area contributed by atoms with Crippen molar-refractivity contribution in [3.63, 3.8) is 0 Å². The van der Waals surface area contributed by atoms with Crippen LogP contribution in [-0.4, -0.2) is 26.4 Å². The second kappa shape index (κ2) is 9.80. The van der Waals surface area contributed by atoms with Gasteiger partial charge in [0.15, 0.2) is 11.0 Å². The first-order chi connectivity index (χ1) is 14.4. The van der Waals surface area contributed by atoms with Crippen molar-refractivity contribution in [2.24, 2.45) is 0 Å². The van der Waals surface area contributed by atoms with Crippen LogP contribution in [0.15, 0.2) is 41.6 Å². The van der Waals surface area contributed by atoms with Gasteiger partial charge in [-0.2, -0.15) is 0 Å². The third-order valence-electron chi connectivity index (χ3n) is 4.94. The van der Waals surface area contributed by atoms with Gasteiger partial charge < -0.3 is 14.6 Å². The van der Waals surface area contributed by atoms with E-state index in [9.17, 15) is 4.79 Å². The maximum atomic E-state index is 12.5. The molecule has 7 heteroatoms. The number of thioether (sulfide) groups is 1. The van der Waals surface area contributed by atoms with Crippen LogP contribution in [0.4, 0.5) is 5.69 Å². The minimum atomic E-state index is -0.0589. The molecule has 0 spiro atoms. The van der Waals surface area contributed by atoms with E-state index in [2.05, 4.69) is 15.5 Å². The van der Waals surface area contributed by atoms with E-state index in [-0.39, 0.29) is 11.7 Å². The fourth-order valence-electron chi connectivity index (χ4n) is 3.33. The minimum Gasteiger partial charge on any atom is -0.485 e. The Morgan fingerprint density at radius 3 is 2.20 bits per heavy atom.